The Morgan fingerprint density at radius 2 is 2.06 bits per heavy atom. The predicted octanol–water partition coefficient (Wildman–Crippen LogP) is -1.34. The predicted molar refractivity (Wildman–Crippen MR) is 55.9 cm³/mol. The molecular formula is C9H20N2O5. The van der Waals surface area contributed by atoms with Crippen molar-refractivity contribution in [2.45, 2.75) is 37.3 Å². The summed E-state index contributed by atoms with van der Waals surface area (Å²) in [6, 6.07) is 0. The third-order valence-electron chi connectivity index (χ3n) is 2.48. The standard InChI is InChI=1S/C9H20N2O5/c10-4-2-1-3-9(11-16,8(14)15)5-7(13)6-12/h7,11-13,16H,1-6,10H2,(H,14,15)/t7?,9-/m1/s1. The van der Waals surface area contributed by atoms with Crippen LogP contribution in [0.4, 0.5) is 0 Å². The maximum Gasteiger partial charge on any atom is 0.326 e. The van der Waals surface area contributed by atoms with Gasteiger partial charge in [0.15, 0.2) is 0 Å². The van der Waals surface area contributed by atoms with Gasteiger partial charge in [0.25, 0.3) is 0 Å². The molecule has 0 saturated heterocycles. The van der Waals surface area contributed by atoms with Crippen LogP contribution in [0.2, 0.25) is 0 Å². The van der Waals surface area contributed by atoms with Crippen molar-refractivity contribution in [1.82, 2.24) is 5.48 Å². The van der Waals surface area contributed by atoms with Gasteiger partial charge in [0, 0.05) is 6.42 Å². The Morgan fingerprint density at radius 3 is 2.44 bits per heavy atom. The van der Waals surface area contributed by atoms with Gasteiger partial charge >= 0.3 is 5.97 Å². The lowest BCUT2D eigenvalue weighted by atomic mass is 9.87. The third kappa shape index (κ3) is 4.42. The van der Waals surface area contributed by atoms with Crippen LogP contribution in [-0.2, 0) is 4.79 Å². The van der Waals surface area contributed by atoms with E-state index in [1.165, 1.54) is 0 Å². The smallest absolute Gasteiger partial charge is 0.326 e. The fraction of sp³-hybridized carbons (Fsp3) is 0.889. The SMILES string of the molecule is NCCCC[C@](CC(O)CO)(NO)C(=O)O. The van der Waals surface area contributed by atoms with Gasteiger partial charge in [-0.3, -0.25) is 4.79 Å². The molecule has 0 aliphatic carbocycles. The van der Waals surface area contributed by atoms with Crippen molar-refractivity contribution in [3.8, 4) is 0 Å². The molecule has 96 valence electrons. The van der Waals surface area contributed by atoms with Crippen molar-refractivity contribution in [3.63, 3.8) is 0 Å². The van der Waals surface area contributed by atoms with Crippen LogP contribution in [0.5, 0.6) is 0 Å². The number of carboxylic acids is 1. The lowest BCUT2D eigenvalue weighted by Gasteiger charge is -2.29. The molecule has 0 fully saturated rings. The number of aliphatic hydroxyl groups is 2. The van der Waals surface area contributed by atoms with Gasteiger partial charge in [-0.2, -0.15) is 5.48 Å². The third-order valence-corrected chi connectivity index (χ3v) is 2.48. The second-order valence-corrected chi connectivity index (χ2v) is 3.79. The highest BCUT2D eigenvalue weighted by molar-refractivity contribution is 5.78. The molecule has 0 spiro atoms. The molecule has 7 N–H and O–H groups in total. The monoisotopic (exact) mass is 236 g/mol. The summed E-state index contributed by atoms with van der Waals surface area (Å²) in [7, 11) is 0. The molecule has 0 saturated carbocycles. The highest BCUT2D eigenvalue weighted by Gasteiger charge is 2.39. The van der Waals surface area contributed by atoms with E-state index >= 15 is 0 Å². The number of unbranched alkanes of at least 4 members (excludes halogenated alkanes) is 1. The largest absolute Gasteiger partial charge is 0.480 e. The van der Waals surface area contributed by atoms with Gasteiger partial charge in [0.05, 0.1) is 12.7 Å². The van der Waals surface area contributed by atoms with Crippen molar-refractivity contribution in [3.05, 3.63) is 0 Å². The summed E-state index contributed by atoms with van der Waals surface area (Å²) in [4.78, 5) is 11.1. The number of hydroxylamine groups is 1. The van der Waals surface area contributed by atoms with E-state index in [1.807, 2.05) is 0 Å². The zero-order chi connectivity index (χ0) is 12.6. The number of nitrogens with two attached hydrogens (primary N) is 1. The fourth-order valence-electron chi connectivity index (χ4n) is 1.48. The number of nitrogens with one attached hydrogen (secondary N) is 1. The van der Waals surface area contributed by atoms with Gasteiger partial charge in [-0.25, -0.2) is 0 Å². The Labute approximate surface area is 93.8 Å². The molecule has 7 heteroatoms. The zero-order valence-electron chi connectivity index (χ0n) is 9.09. The molecule has 0 aliphatic heterocycles. The maximum absolute atomic E-state index is 11.1. The highest BCUT2D eigenvalue weighted by Crippen LogP contribution is 2.20. The van der Waals surface area contributed by atoms with E-state index in [2.05, 4.69) is 0 Å². The van der Waals surface area contributed by atoms with Crippen LogP contribution in [-0.4, -0.2) is 51.3 Å². The normalized spacial score (nSPS) is 16.8. The van der Waals surface area contributed by atoms with Crippen LogP contribution in [0.1, 0.15) is 25.7 Å². The Hall–Kier alpha value is -0.730. The molecule has 1 unspecified atom stereocenters. The lowest BCUT2D eigenvalue weighted by Crippen LogP contribution is -2.53. The number of carbonyl (C=O) groups is 1. The van der Waals surface area contributed by atoms with E-state index < -0.39 is 24.2 Å². The van der Waals surface area contributed by atoms with Gasteiger partial charge in [-0.05, 0) is 25.8 Å². The molecule has 16 heavy (non-hydrogen) atoms. The highest BCUT2D eigenvalue weighted by atomic mass is 16.5. The Morgan fingerprint density at radius 1 is 1.44 bits per heavy atom. The first kappa shape index (κ1) is 15.3. The van der Waals surface area contributed by atoms with Gasteiger partial charge in [0.2, 0.25) is 0 Å². The van der Waals surface area contributed by atoms with Crippen LogP contribution in [0.15, 0.2) is 0 Å². The molecule has 0 aliphatic rings. The first-order valence-electron chi connectivity index (χ1n) is 5.16. The molecule has 0 radical (unpaired) electrons. The minimum Gasteiger partial charge on any atom is -0.480 e. The van der Waals surface area contributed by atoms with Crippen molar-refractivity contribution in [1.29, 1.82) is 0 Å². The summed E-state index contributed by atoms with van der Waals surface area (Å²) < 4.78 is 0. The summed E-state index contributed by atoms with van der Waals surface area (Å²) >= 11 is 0. The quantitative estimate of drug-likeness (QED) is 0.215. The van der Waals surface area contributed by atoms with Crippen molar-refractivity contribution in [2.24, 2.45) is 5.73 Å². The van der Waals surface area contributed by atoms with Crippen molar-refractivity contribution >= 4 is 5.97 Å². The molecule has 0 bridgehead atoms. The number of hydrogen-bond donors (Lipinski definition) is 6. The Bertz CT molecular complexity index is 214. The molecule has 2 atom stereocenters. The van der Waals surface area contributed by atoms with Crippen molar-refractivity contribution in [2.75, 3.05) is 13.2 Å². The van der Waals surface area contributed by atoms with Crippen LogP contribution < -0.4 is 11.2 Å². The van der Waals surface area contributed by atoms with Crippen LogP contribution in [0.25, 0.3) is 0 Å². The van der Waals surface area contributed by atoms with E-state index in [9.17, 15) is 9.90 Å². The number of aliphatic carboxylic acids is 1. The van der Waals surface area contributed by atoms with Gasteiger partial charge in [-0.1, -0.05) is 0 Å². The summed E-state index contributed by atoms with van der Waals surface area (Å²) in [6.45, 7) is -0.114. The molecule has 7 nitrogen and oxygen atoms in total. The maximum atomic E-state index is 11.1. The molecule has 0 rings (SSSR count). The Kier molecular flexibility index (Phi) is 7.18. The van der Waals surface area contributed by atoms with Crippen LogP contribution in [0, 0.1) is 0 Å². The van der Waals surface area contributed by atoms with E-state index in [4.69, 9.17) is 21.2 Å². The summed E-state index contributed by atoms with van der Waals surface area (Å²) in [5.41, 5.74) is 5.38. The molecule has 0 aromatic heterocycles. The zero-order valence-corrected chi connectivity index (χ0v) is 9.09. The molecular weight excluding hydrogens is 216 g/mol. The van der Waals surface area contributed by atoms with E-state index in [1.54, 1.807) is 5.48 Å². The Balaban J connectivity index is 4.51. The first-order chi connectivity index (χ1) is 7.52. The summed E-state index contributed by atoms with van der Waals surface area (Å²) in [6.07, 6.45) is -0.179. The number of hydrogen-bond acceptors (Lipinski definition) is 6. The van der Waals surface area contributed by atoms with Crippen molar-refractivity contribution < 1.29 is 25.3 Å². The average Bonchev–Trinajstić information content (AvgIpc) is 2.27. The second-order valence-electron chi connectivity index (χ2n) is 3.79. The molecule has 0 aromatic carbocycles. The van der Waals surface area contributed by atoms with Gasteiger partial charge in [-0.15, -0.1) is 0 Å². The fourth-order valence-corrected chi connectivity index (χ4v) is 1.48. The lowest BCUT2D eigenvalue weighted by molar-refractivity contribution is -0.153. The molecule has 0 amide bonds. The van der Waals surface area contributed by atoms with Crippen LogP contribution in [0.3, 0.4) is 0 Å². The first-order valence-corrected chi connectivity index (χ1v) is 5.16. The molecule has 0 heterocycles. The average molecular weight is 236 g/mol. The number of rotatable bonds is 9. The summed E-state index contributed by atoms with van der Waals surface area (Å²) in [5, 5.41) is 35.9. The molecule has 0 aromatic rings. The second kappa shape index (κ2) is 7.53. The van der Waals surface area contributed by atoms with E-state index in [0.29, 0.717) is 19.4 Å². The van der Waals surface area contributed by atoms with Crippen LogP contribution >= 0.6 is 0 Å². The minimum atomic E-state index is -1.63. The summed E-state index contributed by atoms with van der Waals surface area (Å²) in [5.74, 6) is -1.26. The van der Waals surface area contributed by atoms with E-state index in [0.717, 1.165) is 0 Å². The minimum absolute atomic E-state index is 0.132. The van der Waals surface area contributed by atoms with Gasteiger partial charge in [0.1, 0.15) is 5.54 Å². The number of aliphatic hydroxyl groups excluding tert-OH is 2. The number of carboxylic acid groups (broad SMARTS) is 1. The topological polar surface area (TPSA) is 136 Å². The van der Waals surface area contributed by atoms with Gasteiger partial charge < -0.3 is 26.3 Å². The van der Waals surface area contributed by atoms with E-state index in [-0.39, 0.29) is 12.8 Å².